The molecule has 0 N–H and O–H groups in total. The molecule has 0 saturated carbocycles. The molecule has 0 atom stereocenters. The van der Waals surface area contributed by atoms with Gasteiger partial charge in [0.15, 0.2) is 6.54 Å². The van der Waals surface area contributed by atoms with Crippen LogP contribution in [0.3, 0.4) is 0 Å². The molecule has 0 unspecified atom stereocenters. The molecule has 0 fully saturated rings. The molecule has 1 aromatic heterocycles. The minimum atomic E-state index is 0.479. The number of pyridine rings is 1. The second kappa shape index (κ2) is 12.3. The zero-order valence-corrected chi connectivity index (χ0v) is 22.7. The van der Waals surface area contributed by atoms with E-state index in [1.807, 2.05) is 38.1 Å². The topological polar surface area (TPSA) is 40.8 Å². The minimum absolute atomic E-state index is 0.479. The number of rotatable bonds is 10. The molecule has 0 aliphatic heterocycles. The molecule has 3 aromatic rings. The van der Waals surface area contributed by atoms with Gasteiger partial charge in [0.1, 0.15) is 23.0 Å². The molecule has 0 spiro atoms. The first-order valence-electron chi connectivity index (χ1n) is 12.2. The van der Waals surface area contributed by atoms with Crippen molar-refractivity contribution in [3.05, 3.63) is 76.1 Å². The smallest absolute Gasteiger partial charge is 0.205 e. The molecule has 0 aliphatic rings. The Bertz CT molecular complexity index is 1170. The van der Waals surface area contributed by atoms with Crippen molar-refractivity contribution in [1.29, 1.82) is 0 Å². The van der Waals surface area contributed by atoms with Crippen LogP contribution in [0.1, 0.15) is 47.5 Å². The molecule has 190 valence electrons. The highest BCUT2D eigenvalue weighted by Crippen LogP contribution is 2.33. The van der Waals surface area contributed by atoms with E-state index in [9.17, 15) is 0 Å². The quantitative estimate of drug-likeness (QED) is 0.301. The summed E-state index contributed by atoms with van der Waals surface area (Å²) in [6, 6.07) is 14.4. The molecule has 0 amide bonds. The third-order valence-electron chi connectivity index (χ3n) is 6.19. The normalized spacial score (nSPS) is 11.5. The molecule has 0 bridgehead atoms. The van der Waals surface area contributed by atoms with E-state index in [0.29, 0.717) is 5.92 Å². The van der Waals surface area contributed by atoms with Crippen LogP contribution >= 0.6 is 0 Å². The highest BCUT2D eigenvalue weighted by molar-refractivity contribution is 5.74. The van der Waals surface area contributed by atoms with E-state index < -0.39 is 0 Å². The van der Waals surface area contributed by atoms with Gasteiger partial charge in [-0.3, -0.25) is 0 Å². The summed E-state index contributed by atoms with van der Waals surface area (Å²) >= 11 is 0. The Kier molecular flexibility index (Phi) is 9.18. The largest absolute Gasteiger partial charge is 0.496 e. The van der Waals surface area contributed by atoms with Crippen molar-refractivity contribution in [3.8, 4) is 23.0 Å². The van der Waals surface area contributed by atoms with Crippen molar-refractivity contribution < 1.29 is 23.5 Å². The van der Waals surface area contributed by atoms with E-state index in [1.165, 1.54) is 0 Å². The number of nitrogens with zero attached hydrogens (tertiary/aromatic N) is 1. The maximum Gasteiger partial charge on any atom is 0.205 e. The van der Waals surface area contributed by atoms with Crippen LogP contribution in [0.5, 0.6) is 23.0 Å². The van der Waals surface area contributed by atoms with E-state index in [0.717, 1.165) is 63.2 Å². The number of hydrogen-bond acceptors (Lipinski definition) is 4. The summed E-state index contributed by atoms with van der Waals surface area (Å²) in [4.78, 5) is 0. The van der Waals surface area contributed by atoms with E-state index >= 15 is 0 Å². The Morgan fingerprint density at radius 2 is 1.08 bits per heavy atom. The fourth-order valence-corrected chi connectivity index (χ4v) is 4.43. The van der Waals surface area contributed by atoms with Crippen LogP contribution in [0.2, 0.25) is 0 Å². The standard InChI is InChI=1S/C31H38NO4/c1-21(2)20-32-26(16-12-24-14-18-28(33-5)22(3)30(24)35-7)10-9-11-27(32)17-13-25-15-19-29(34-6)23(4)31(25)36-8/h9-19,21H,20H2,1-8H3/q+1/b16-12+,17-13+. The Hall–Kier alpha value is -3.73. The van der Waals surface area contributed by atoms with E-state index in [2.05, 4.69) is 60.9 Å². The Morgan fingerprint density at radius 3 is 1.44 bits per heavy atom. The summed E-state index contributed by atoms with van der Waals surface area (Å²) in [6.07, 6.45) is 8.48. The van der Waals surface area contributed by atoms with Crippen LogP contribution in [0.15, 0.2) is 42.5 Å². The van der Waals surface area contributed by atoms with Crippen LogP contribution in [-0.4, -0.2) is 28.4 Å². The average molecular weight is 489 g/mol. The van der Waals surface area contributed by atoms with Crippen LogP contribution in [-0.2, 0) is 6.54 Å². The van der Waals surface area contributed by atoms with Gasteiger partial charge in [0.05, 0.1) is 28.4 Å². The molecule has 36 heavy (non-hydrogen) atoms. The van der Waals surface area contributed by atoms with Gasteiger partial charge >= 0.3 is 0 Å². The SMILES string of the molecule is COc1ccc(/C=C/c2cccc(/C=C/c3ccc(OC)c(C)c3OC)[n+]2CC(C)C)c(OC)c1C. The van der Waals surface area contributed by atoms with Crippen LogP contribution < -0.4 is 23.5 Å². The van der Waals surface area contributed by atoms with Crippen molar-refractivity contribution in [3.63, 3.8) is 0 Å². The van der Waals surface area contributed by atoms with Gasteiger partial charge < -0.3 is 18.9 Å². The number of methoxy groups -OCH3 is 4. The predicted octanol–water partition coefficient (Wildman–Crippen LogP) is 6.62. The lowest BCUT2D eigenvalue weighted by molar-refractivity contribution is -0.705. The molecular weight excluding hydrogens is 450 g/mol. The van der Waals surface area contributed by atoms with E-state index in [1.54, 1.807) is 28.4 Å². The van der Waals surface area contributed by atoms with Crippen molar-refractivity contribution >= 4 is 24.3 Å². The van der Waals surface area contributed by atoms with Gasteiger partial charge in [-0.2, -0.15) is 4.57 Å². The molecule has 0 radical (unpaired) electrons. The van der Waals surface area contributed by atoms with E-state index in [-0.39, 0.29) is 0 Å². The van der Waals surface area contributed by atoms with Crippen molar-refractivity contribution in [2.45, 2.75) is 34.2 Å². The van der Waals surface area contributed by atoms with Gasteiger partial charge in [-0.15, -0.1) is 0 Å². The maximum atomic E-state index is 5.69. The molecule has 0 saturated heterocycles. The number of aromatic nitrogens is 1. The first kappa shape index (κ1) is 26.9. The van der Waals surface area contributed by atoms with Gasteiger partial charge in [0, 0.05) is 52.5 Å². The third-order valence-corrected chi connectivity index (χ3v) is 6.19. The first-order valence-corrected chi connectivity index (χ1v) is 12.2. The summed E-state index contributed by atoms with van der Waals surface area (Å²) in [5.41, 5.74) is 6.20. The molecular formula is C31H38NO4+. The van der Waals surface area contributed by atoms with Crippen molar-refractivity contribution in [2.75, 3.05) is 28.4 Å². The summed E-state index contributed by atoms with van der Waals surface area (Å²) in [5, 5.41) is 0. The van der Waals surface area contributed by atoms with Gasteiger partial charge in [-0.25, -0.2) is 0 Å². The van der Waals surface area contributed by atoms with E-state index in [4.69, 9.17) is 18.9 Å². The average Bonchev–Trinajstić information content (AvgIpc) is 2.87. The van der Waals surface area contributed by atoms with Crippen LogP contribution in [0.4, 0.5) is 0 Å². The molecule has 2 aromatic carbocycles. The zero-order valence-electron chi connectivity index (χ0n) is 22.7. The second-order valence-electron chi connectivity index (χ2n) is 9.08. The fourth-order valence-electron chi connectivity index (χ4n) is 4.43. The molecule has 1 heterocycles. The van der Waals surface area contributed by atoms with Gasteiger partial charge in [0.25, 0.3) is 0 Å². The summed E-state index contributed by atoms with van der Waals surface area (Å²) in [7, 11) is 6.74. The molecule has 3 rings (SSSR count). The Labute approximate surface area is 215 Å². The van der Waals surface area contributed by atoms with Gasteiger partial charge in [-0.1, -0.05) is 13.8 Å². The monoisotopic (exact) mass is 488 g/mol. The molecule has 0 aliphatic carbocycles. The molecule has 5 heteroatoms. The lowest BCUT2D eigenvalue weighted by Crippen LogP contribution is -2.42. The highest BCUT2D eigenvalue weighted by Gasteiger charge is 2.16. The zero-order chi connectivity index (χ0) is 26.2. The molecule has 5 nitrogen and oxygen atoms in total. The van der Waals surface area contributed by atoms with Crippen LogP contribution in [0.25, 0.3) is 24.3 Å². The highest BCUT2D eigenvalue weighted by atomic mass is 16.5. The lowest BCUT2D eigenvalue weighted by atomic mass is 10.1. The van der Waals surface area contributed by atoms with Gasteiger partial charge in [-0.05, 0) is 56.3 Å². The summed E-state index contributed by atoms with van der Waals surface area (Å²) < 4.78 is 24.6. The summed E-state index contributed by atoms with van der Waals surface area (Å²) in [5.74, 6) is 3.75. The first-order chi connectivity index (χ1) is 17.3. The third kappa shape index (κ3) is 5.91. The fraction of sp³-hybridized carbons (Fsp3) is 0.323. The Morgan fingerprint density at radius 1 is 0.639 bits per heavy atom. The number of hydrogen-bond donors (Lipinski definition) is 0. The van der Waals surface area contributed by atoms with Crippen molar-refractivity contribution in [1.82, 2.24) is 0 Å². The predicted molar refractivity (Wildman–Crippen MR) is 148 cm³/mol. The number of ether oxygens (including phenoxy) is 4. The minimum Gasteiger partial charge on any atom is -0.496 e. The number of benzene rings is 2. The lowest BCUT2D eigenvalue weighted by Gasteiger charge is -2.13. The maximum absolute atomic E-state index is 5.69. The van der Waals surface area contributed by atoms with Crippen molar-refractivity contribution in [2.24, 2.45) is 5.92 Å². The second-order valence-corrected chi connectivity index (χ2v) is 9.08. The van der Waals surface area contributed by atoms with Crippen LogP contribution in [0, 0.1) is 19.8 Å². The van der Waals surface area contributed by atoms with Gasteiger partial charge in [0.2, 0.25) is 11.4 Å². The Balaban J connectivity index is 2.04. The summed E-state index contributed by atoms with van der Waals surface area (Å²) in [6.45, 7) is 9.36.